The maximum absolute atomic E-state index is 9.73. The van der Waals surface area contributed by atoms with Gasteiger partial charge in [-0.2, -0.15) is 0 Å². The first-order valence-corrected chi connectivity index (χ1v) is 9.44. The summed E-state index contributed by atoms with van der Waals surface area (Å²) in [5, 5.41) is 9.73. The predicted molar refractivity (Wildman–Crippen MR) is 104 cm³/mol. The normalized spacial score (nSPS) is 19.5. The van der Waals surface area contributed by atoms with Crippen LogP contribution in [0.2, 0.25) is 0 Å². The van der Waals surface area contributed by atoms with E-state index in [2.05, 4.69) is 35.9 Å². The van der Waals surface area contributed by atoms with Gasteiger partial charge in [-0.15, -0.1) is 0 Å². The van der Waals surface area contributed by atoms with Gasteiger partial charge in [-0.05, 0) is 38.5 Å². The van der Waals surface area contributed by atoms with Gasteiger partial charge in [-0.25, -0.2) is 0 Å². The second-order valence-electron chi connectivity index (χ2n) is 6.95. The van der Waals surface area contributed by atoms with Crippen molar-refractivity contribution in [1.29, 1.82) is 0 Å². The van der Waals surface area contributed by atoms with Crippen LogP contribution in [-0.2, 0) is 6.42 Å². The zero-order valence-electron chi connectivity index (χ0n) is 15.0. The highest BCUT2D eigenvalue weighted by Crippen LogP contribution is 2.56. The van der Waals surface area contributed by atoms with E-state index in [9.17, 15) is 5.11 Å². The fourth-order valence-electron chi connectivity index (χ4n) is 3.70. The highest BCUT2D eigenvalue weighted by molar-refractivity contribution is 9.10. The maximum atomic E-state index is 9.73. The van der Waals surface area contributed by atoms with Gasteiger partial charge in [0.2, 0.25) is 0 Å². The standard InChI is InChI=1S/C21H21BrO4/c1-11(2)4-6-13-17(24-3)9-16(22)19-15-10-25-18-8-12(23)5-7-14(18)20(15)26-21(13)19/h4-5,7-9,15,20,23H,6,10H2,1-3H3/t15-,20-/m0/s1. The largest absolute Gasteiger partial charge is 0.508 e. The number of hydrogen-bond acceptors (Lipinski definition) is 4. The van der Waals surface area contributed by atoms with E-state index in [-0.39, 0.29) is 17.8 Å². The summed E-state index contributed by atoms with van der Waals surface area (Å²) < 4.78 is 19.0. The highest BCUT2D eigenvalue weighted by Gasteiger charge is 2.43. The zero-order chi connectivity index (χ0) is 18.4. The molecule has 2 aliphatic heterocycles. The Labute approximate surface area is 161 Å². The van der Waals surface area contributed by atoms with Crippen LogP contribution in [0.1, 0.15) is 42.6 Å². The Morgan fingerprint density at radius 2 is 2.15 bits per heavy atom. The Bertz CT molecular complexity index is 899. The first-order valence-electron chi connectivity index (χ1n) is 8.64. The van der Waals surface area contributed by atoms with Gasteiger partial charge in [0.15, 0.2) is 0 Å². The van der Waals surface area contributed by atoms with Crippen molar-refractivity contribution in [3.8, 4) is 23.0 Å². The summed E-state index contributed by atoms with van der Waals surface area (Å²) in [7, 11) is 1.68. The Kier molecular flexibility index (Phi) is 4.35. The fourth-order valence-corrected chi connectivity index (χ4v) is 4.38. The van der Waals surface area contributed by atoms with Crippen molar-refractivity contribution in [3.63, 3.8) is 0 Å². The molecule has 0 radical (unpaired) electrons. The van der Waals surface area contributed by atoms with E-state index in [0.717, 1.165) is 39.1 Å². The summed E-state index contributed by atoms with van der Waals surface area (Å²) in [6.45, 7) is 4.69. The van der Waals surface area contributed by atoms with Crippen molar-refractivity contribution < 1.29 is 19.3 Å². The Hall–Kier alpha value is -2.14. The molecule has 2 atom stereocenters. The molecule has 1 N–H and O–H groups in total. The van der Waals surface area contributed by atoms with E-state index in [4.69, 9.17) is 14.2 Å². The number of aromatic hydroxyl groups is 1. The molecule has 2 aliphatic rings. The van der Waals surface area contributed by atoms with Gasteiger partial charge >= 0.3 is 0 Å². The molecule has 0 fully saturated rings. The smallest absolute Gasteiger partial charge is 0.138 e. The topological polar surface area (TPSA) is 47.9 Å². The second kappa shape index (κ2) is 6.54. The minimum atomic E-state index is -0.122. The molecular formula is C21H21BrO4. The monoisotopic (exact) mass is 416 g/mol. The van der Waals surface area contributed by atoms with E-state index in [1.165, 1.54) is 5.57 Å². The van der Waals surface area contributed by atoms with Crippen molar-refractivity contribution in [2.75, 3.05) is 13.7 Å². The van der Waals surface area contributed by atoms with E-state index in [1.807, 2.05) is 12.1 Å². The van der Waals surface area contributed by atoms with Crippen molar-refractivity contribution in [2.24, 2.45) is 0 Å². The average Bonchev–Trinajstić information content (AvgIpc) is 3.00. The quantitative estimate of drug-likeness (QED) is 0.691. The highest BCUT2D eigenvalue weighted by atomic mass is 79.9. The Balaban J connectivity index is 1.83. The molecule has 2 aromatic carbocycles. The lowest BCUT2D eigenvalue weighted by atomic mass is 9.88. The summed E-state index contributed by atoms with van der Waals surface area (Å²) in [6, 6.07) is 7.23. The zero-order valence-corrected chi connectivity index (χ0v) is 16.6. The third kappa shape index (κ3) is 2.75. The molecule has 5 heteroatoms. The third-order valence-corrected chi connectivity index (χ3v) is 5.62. The first kappa shape index (κ1) is 17.3. The van der Waals surface area contributed by atoms with E-state index in [1.54, 1.807) is 19.2 Å². The van der Waals surface area contributed by atoms with Gasteiger partial charge in [0.25, 0.3) is 0 Å². The number of ether oxygens (including phenoxy) is 3. The van der Waals surface area contributed by atoms with Crippen LogP contribution in [0.4, 0.5) is 0 Å². The summed E-state index contributed by atoms with van der Waals surface area (Å²) >= 11 is 3.70. The van der Waals surface area contributed by atoms with E-state index >= 15 is 0 Å². The van der Waals surface area contributed by atoms with Gasteiger partial charge in [0.1, 0.15) is 29.1 Å². The summed E-state index contributed by atoms with van der Waals surface area (Å²) in [5.74, 6) is 2.69. The van der Waals surface area contributed by atoms with Crippen LogP contribution in [-0.4, -0.2) is 18.8 Å². The summed E-state index contributed by atoms with van der Waals surface area (Å²) in [4.78, 5) is 0. The fraction of sp³-hybridized carbons (Fsp3) is 0.333. The number of phenolic OH excluding ortho intramolecular Hbond substituents is 1. The van der Waals surface area contributed by atoms with Crippen molar-refractivity contribution in [3.05, 3.63) is 57.1 Å². The van der Waals surface area contributed by atoms with Crippen LogP contribution in [0.25, 0.3) is 0 Å². The number of hydrogen-bond donors (Lipinski definition) is 1. The number of rotatable bonds is 3. The van der Waals surface area contributed by atoms with Crippen LogP contribution in [0.3, 0.4) is 0 Å². The molecular weight excluding hydrogens is 396 g/mol. The van der Waals surface area contributed by atoms with Crippen LogP contribution < -0.4 is 14.2 Å². The molecule has 4 nitrogen and oxygen atoms in total. The summed E-state index contributed by atoms with van der Waals surface area (Å²) in [5.41, 5.74) is 4.41. The van der Waals surface area contributed by atoms with Crippen LogP contribution in [0.5, 0.6) is 23.0 Å². The second-order valence-corrected chi connectivity index (χ2v) is 7.80. The number of benzene rings is 2. The molecule has 0 amide bonds. The number of halogens is 1. The van der Waals surface area contributed by atoms with Crippen molar-refractivity contribution >= 4 is 15.9 Å². The van der Waals surface area contributed by atoms with E-state index < -0.39 is 0 Å². The van der Waals surface area contributed by atoms with Crippen LogP contribution in [0, 0.1) is 0 Å². The van der Waals surface area contributed by atoms with Crippen molar-refractivity contribution in [1.82, 2.24) is 0 Å². The van der Waals surface area contributed by atoms with Crippen molar-refractivity contribution in [2.45, 2.75) is 32.3 Å². The molecule has 136 valence electrons. The maximum Gasteiger partial charge on any atom is 0.138 e. The molecule has 26 heavy (non-hydrogen) atoms. The number of allylic oxidation sites excluding steroid dienone is 2. The molecule has 0 aromatic heterocycles. The minimum Gasteiger partial charge on any atom is -0.508 e. The number of phenols is 1. The summed E-state index contributed by atoms with van der Waals surface area (Å²) in [6.07, 6.45) is 2.81. The van der Waals surface area contributed by atoms with Crippen LogP contribution in [0.15, 0.2) is 40.4 Å². The predicted octanol–water partition coefficient (Wildman–Crippen LogP) is 5.28. The third-order valence-electron chi connectivity index (χ3n) is 4.97. The minimum absolute atomic E-state index is 0.104. The first-order chi connectivity index (χ1) is 12.5. The van der Waals surface area contributed by atoms with Gasteiger partial charge in [0, 0.05) is 27.2 Å². The van der Waals surface area contributed by atoms with Gasteiger partial charge in [0.05, 0.1) is 19.6 Å². The van der Waals surface area contributed by atoms with Gasteiger partial charge in [-0.3, -0.25) is 0 Å². The van der Waals surface area contributed by atoms with Gasteiger partial charge in [-0.1, -0.05) is 27.6 Å². The Morgan fingerprint density at radius 1 is 1.35 bits per heavy atom. The molecule has 0 spiro atoms. The average molecular weight is 417 g/mol. The molecule has 0 saturated carbocycles. The molecule has 2 aromatic rings. The lowest BCUT2D eigenvalue weighted by molar-refractivity contribution is 0.138. The lowest BCUT2D eigenvalue weighted by Gasteiger charge is -2.28. The molecule has 0 saturated heterocycles. The Morgan fingerprint density at radius 3 is 2.88 bits per heavy atom. The molecule has 4 rings (SSSR count). The van der Waals surface area contributed by atoms with Gasteiger partial charge < -0.3 is 19.3 Å². The lowest BCUT2D eigenvalue weighted by Crippen LogP contribution is -2.23. The molecule has 0 aliphatic carbocycles. The SMILES string of the molecule is COc1cc(Br)c2c(c1CC=C(C)C)O[C@H]1c3ccc(O)cc3OC[C@@H]21. The molecule has 0 bridgehead atoms. The molecule has 2 heterocycles. The van der Waals surface area contributed by atoms with Crippen LogP contribution >= 0.6 is 15.9 Å². The molecule has 0 unspecified atom stereocenters. The number of methoxy groups -OCH3 is 1. The van der Waals surface area contributed by atoms with E-state index in [0.29, 0.717) is 12.4 Å². The number of fused-ring (bicyclic) bond motifs is 5.